The van der Waals surface area contributed by atoms with Gasteiger partial charge in [-0.3, -0.25) is 0 Å². The molecule has 0 N–H and O–H groups in total. The molecule has 0 aliphatic heterocycles. The number of rotatable bonds is 2. The fourth-order valence-electron chi connectivity index (χ4n) is 3.02. The first-order valence-corrected chi connectivity index (χ1v) is 7.97. The lowest BCUT2D eigenvalue weighted by molar-refractivity contribution is 1.47. The van der Waals surface area contributed by atoms with E-state index >= 15 is 0 Å². The van der Waals surface area contributed by atoms with E-state index in [0.29, 0.717) is 0 Å². The molecule has 0 fully saturated rings. The SMILES string of the molecule is BBBCC.c1cc2ccc3cccc4ccc(c1)c2c34. The van der Waals surface area contributed by atoms with E-state index in [9.17, 15) is 0 Å². The standard InChI is InChI=1S/C16H10.C2H9B3/c1-3-11-7-9-13-5-2-6-14-10-8-12(4-1)15(11)16(13)14;1-2-4-5-3/h1-10H;4-5H,2-3H2,1H3. The van der Waals surface area contributed by atoms with Gasteiger partial charge in [0.05, 0.1) is 22.0 Å². The molecule has 0 heterocycles. The topological polar surface area (TPSA) is 0 Å². The molecule has 4 aromatic carbocycles. The molecule has 3 heteroatoms. The van der Waals surface area contributed by atoms with Crippen molar-refractivity contribution in [3.63, 3.8) is 0 Å². The van der Waals surface area contributed by atoms with E-state index in [1.807, 2.05) is 0 Å². The highest BCUT2D eigenvalue weighted by molar-refractivity contribution is 7.23. The minimum atomic E-state index is 1.34. The molecular weight excluding hydrogens is 249 g/mol. The second-order valence-electron chi connectivity index (χ2n) is 5.64. The maximum atomic E-state index is 2.21. The lowest BCUT2D eigenvalue weighted by Crippen LogP contribution is -1.98. The van der Waals surface area contributed by atoms with Crippen molar-refractivity contribution in [1.29, 1.82) is 0 Å². The highest BCUT2D eigenvalue weighted by atomic mass is 14.1. The van der Waals surface area contributed by atoms with Crippen LogP contribution in [0.25, 0.3) is 32.3 Å². The molecule has 0 spiro atoms. The van der Waals surface area contributed by atoms with Gasteiger partial charge in [0.2, 0.25) is 0 Å². The summed E-state index contributed by atoms with van der Waals surface area (Å²) in [5.74, 6) is 0. The predicted octanol–water partition coefficient (Wildman–Crippen LogP) is 3.34. The van der Waals surface area contributed by atoms with Crippen molar-refractivity contribution in [2.75, 3.05) is 0 Å². The molecule has 0 unspecified atom stereocenters. The van der Waals surface area contributed by atoms with Crippen LogP contribution >= 0.6 is 0 Å². The van der Waals surface area contributed by atoms with Crippen molar-refractivity contribution in [1.82, 2.24) is 0 Å². The van der Waals surface area contributed by atoms with Crippen LogP contribution in [0.15, 0.2) is 60.7 Å². The zero-order valence-corrected chi connectivity index (χ0v) is 12.9. The van der Waals surface area contributed by atoms with Crippen LogP contribution in [0.1, 0.15) is 6.92 Å². The Bertz CT molecular complexity index is 723. The normalized spacial score (nSPS) is 10.5. The molecule has 0 amide bonds. The Morgan fingerprint density at radius 2 is 1.10 bits per heavy atom. The third-order valence-electron chi connectivity index (χ3n) is 4.10. The van der Waals surface area contributed by atoms with E-state index in [0.717, 1.165) is 0 Å². The Morgan fingerprint density at radius 3 is 1.33 bits per heavy atom. The van der Waals surface area contributed by atoms with Gasteiger partial charge in [0.15, 0.2) is 0 Å². The van der Waals surface area contributed by atoms with Crippen LogP contribution in [-0.2, 0) is 0 Å². The van der Waals surface area contributed by atoms with Crippen LogP contribution in [0.2, 0.25) is 6.32 Å². The van der Waals surface area contributed by atoms with Crippen molar-refractivity contribution < 1.29 is 0 Å². The van der Waals surface area contributed by atoms with E-state index in [-0.39, 0.29) is 0 Å². The fraction of sp³-hybridized carbons (Fsp3) is 0.111. The van der Waals surface area contributed by atoms with E-state index in [4.69, 9.17) is 0 Å². The third-order valence-corrected chi connectivity index (χ3v) is 4.10. The first-order chi connectivity index (χ1) is 10.3. The minimum Gasteiger partial charge on any atom is -0.0881 e. The summed E-state index contributed by atoms with van der Waals surface area (Å²) in [6, 6.07) is 21.9. The smallest absolute Gasteiger partial charge is 0.0776 e. The second-order valence-corrected chi connectivity index (χ2v) is 5.64. The Balaban J connectivity index is 0.000000233. The van der Waals surface area contributed by atoms with Gasteiger partial charge in [0.1, 0.15) is 0 Å². The van der Waals surface area contributed by atoms with E-state index in [2.05, 4.69) is 75.3 Å². The molecule has 0 saturated carbocycles. The molecule has 0 aliphatic rings. The van der Waals surface area contributed by atoms with Gasteiger partial charge in [-0.25, -0.2) is 0 Å². The quantitative estimate of drug-likeness (QED) is 0.386. The summed E-state index contributed by atoms with van der Waals surface area (Å²) in [5.41, 5.74) is 0. The van der Waals surface area contributed by atoms with Gasteiger partial charge in [0.25, 0.3) is 0 Å². The lowest BCUT2D eigenvalue weighted by atomic mass is 9.27. The average molecular weight is 268 g/mol. The summed E-state index contributed by atoms with van der Waals surface area (Å²) in [6.07, 6.45) is 1.34. The summed E-state index contributed by atoms with van der Waals surface area (Å²) in [4.78, 5) is 0. The maximum Gasteiger partial charge on any atom is 0.0776 e. The second kappa shape index (κ2) is 6.26. The molecule has 0 nitrogen and oxygen atoms in total. The zero-order chi connectivity index (χ0) is 14.7. The molecule has 0 atom stereocenters. The van der Waals surface area contributed by atoms with Crippen molar-refractivity contribution in [2.24, 2.45) is 0 Å². The van der Waals surface area contributed by atoms with Gasteiger partial charge in [-0.1, -0.05) is 73.9 Å². The van der Waals surface area contributed by atoms with E-state index < -0.39 is 0 Å². The number of hydrogen-bond donors (Lipinski definition) is 0. The molecule has 0 bridgehead atoms. The van der Waals surface area contributed by atoms with Gasteiger partial charge >= 0.3 is 0 Å². The fourth-order valence-corrected chi connectivity index (χ4v) is 3.02. The van der Waals surface area contributed by atoms with Gasteiger partial charge in [-0.15, -0.1) is 0 Å². The predicted molar refractivity (Wildman–Crippen MR) is 103 cm³/mol. The number of hydrogen-bond acceptors (Lipinski definition) is 0. The molecular formula is C18H19B3. The molecule has 0 radical (unpaired) electrons. The summed E-state index contributed by atoms with van der Waals surface area (Å²) in [7, 11) is 4.94. The molecule has 21 heavy (non-hydrogen) atoms. The molecule has 0 aliphatic carbocycles. The molecule has 100 valence electrons. The van der Waals surface area contributed by atoms with Crippen LogP contribution in [0.5, 0.6) is 0 Å². The van der Waals surface area contributed by atoms with Crippen LogP contribution < -0.4 is 0 Å². The Labute approximate surface area is 128 Å². The lowest BCUT2D eigenvalue weighted by Gasteiger charge is -2.09. The highest BCUT2D eigenvalue weighted by Crippen LogP contribution is 2.33. The highest BCUT2D eigenvalue weighted by Gasteiger charge is 2.05. The van der Waals surface area contributed by atoms with Gasteiger partial charge < -0.3 is 0 Å². The van der Waals surface area contributed by atoms with Crippen LogP contribution in [0, 0.1) is 0 Å². The van der Waals surface area contributed by atoms with Crippen molar-refractivity contribution in [2.45, 2.75) is 13.2 Å². The minimum absolute atomic E-state index is 1.34. The van der Waals surface area contributed by atoms with Gasteiger partial charge in [-0.2, -0.15) is 0 Å². The Kier molecular flexibility index (Phi) is 4.19. The van der Waals surface area contributed by atoms with Crippen molar-refractivity contribution in [3.05, 3.63) is 60.7 Å². The van der Waals surface area contributed by atoms with Crippen LogP contribution in [-0.4, -0.2) is 22.0 Å². The Hall–Kier alpha value is -1.89. The van der Waals surface area contributed by atoms with Gasteiger partial charge in [0, 0.05) is 0 Å². The van der Waals surface area contributed by atoms with Gasteiger partial charge in [-0.05, 0) is 32.3 Å². The van der Waals surface area contributed by atoms with Crippen molar-refractivity contribution in [3.8, 4) is 0 Å². The summed E-state index contributed by atoms with van der Waals surface area (Å²) in [6.45, 7) is 2.21. The maximum absolute atomic E-state index is 2.21. The number of benzene rings is 4. The first kappa shape index (κ1) is 14.1. The average Bonchev–Trinajstić information content (AvgIpc) is 2.54. The molecule has 0 aromatic heterocycles. The van der Waals surface area contributed by atoms with Crippen molar-refractivity contribution >= 4 is 54.3 Å². The molecule has 4 rings (SSSR count). The molecule has 0 saturated heterocycles. The Morgan fingerprint density at radius 1 is 0.714 bits per heavy atom. The van der Waals surface area contributed by atoms with Crippen LogP contribution in [0.4, 0.5) is 0 Å². The first-order valence-electron chi connectivity index (χ1n) is 7.97. The third kappa shape index (κ3) is 2.65. The monoisotopic (exact) mass is 268 g/mol. The molecule has 4 aromatic rings. The zero-order valence-electron chi connectivity index (χ0n) is 12.9. The summed E-state index contributed by atoms with van der Waals surface area (Å²) in [5, 5.41) is 8.14. The van der Waals surface area contributed by atoms with E-state index in [1.165, 1.54) is 52.9 Å². The van der Waals surface area contributed by atoms with Crippen LogP contribution in [0.3, 0.4) is 0 Å². The largest absolute Gasteiger partial charge is 0.0881 e. The van der Waals surface area contributed by atoms with E-state index in [1.54, 1.807) is 0 Å². The summed E-state index contributed by atoms with van der Waals surface area (Å²) >= 11 is 0. The summed E-state index contributed by atoms with van der Waals surface area (Å²) < 4.78 is 0.